The van der Waals surface area contributed by atoms with E-state index in [-0.39, 0.29) is 13.2 Å². The minimum Gasteiger partial charge on any atom is -0.395 e. The molecule has 82 valence electrons. The van der Waals surface area contributed by atoms with E-state index >= 15 is 0 Å². The molecule has 0 rings (SSSR count). The Balaban J connectivity index is 4.40. The number of nitriles is 1. The zero-order chi connectivity index (χ0) is 11.0. The van der Waals surface area contributed by atoms with Gasteiger partial charge in [0.25, 0.3) is 0 Å². The summed E-state index contributed by atoms with van der Waals surface area (Å²) in [6.45, 7) is 2.19. The number of sulfonamides is 1. The van der Waals surface area contributed by atoms with Crippen LogP contribution in [0.15, 0.2) is 0 Å². The van der Waals surface area contributed by atoms with E-state index in [2.05, 4.69) is 0 Å². The van der Waals surface area contributed by atoms with Crippen LogP contribution in [0.4, 0.5) is 0 Å². The third kappa shape index (κ3) is 4.56. The zero-order valence-electron chi connectivity index (χ0n) is 8.31. The predicted octanol–water partition coefficient (Wildman–Crippen LogP) is -0.0658. The van der Waals surface area contributed by atoms with Crippen LogP contribution in [0.5, 0.6) is 0 Å². The third-order valence-electron chi connectivity index (χ3n) is 1.75. The van der Waals surface area contributed by atoms with Gasteiger partial charge in [0.1, 0.15) is 0 Å². The second-order valence-corrected chi connectivity index (χ2v) is 4.86. The lowest BCUT2D eigenvalue weighted by molar-refractivity contribution is 0.252. The Bertz CT molecular complexity index is 281. The first-order valence-electron chi connectivity index (χ1n) is 4.54. The second kappa shape index (κ2) is 6.76. The number of nitrogens with zero attached hydrogens (tertiary/aromatic N) is 2. The van der Waals surface area contributed by atoms with E-state index in [0.29, 0.717) is 6.54 Å². The van der Waals surface area contributed by atoms with Crippen LogP contribution in [0, 0.1) is 11.3 Å². The highest BCUT2D eigenvalue weighted by Gasteiger charge is 2.20. The molecule has 6 heteroatoms. The first-order chi connectivity index (χ1) is 6.58. The predicted molar refractivity (Wildman–Crippen MR) is 53.0 cm³/mol. The van der Waals surface area contributed by atoms with E-state index in [4.69, 9.17) is 10.4 Å². The molecule has 0 aliphatic heterocycles. The van der Waals surface area contributed by atoms with E-state index < -0.39 is 15.8 Å². The standard InChI is InChI=1S/C8H16N2O3S/c1-2-3-5-10(6-7-11)14(12,13)8-4-9/h11H,2-3,5-8H2,1H3. The van der Waals surface area contributed by atoms with Crippen molar-refractivity contribution in [3.63, 3.8) is 0 Å². The molecule has 0 heterocycles. The molecule has 0 spiro atoms. The summed E-state index contributed by atoms with van der Waals surface area (Å²) in [4.78, 5) is 0. The van der Waals surface area contributed by atoms with Gasteiger partial charge in [-0.25, -0.2) is 8.42 Å². The Labute approximate surface area is 85.0 Å². The van der Waals surface area contributed by atoms with Gasteiger partial charge >= 0.3 is 0 Å². The van der Waals surface area contributed by atoms with Gasteiger partial charge in [0, 0.05) is 13.1 Å². The molecule has 0 bridgehead atoms. The summed E-state index contributed by atoms with van der Waals surface area (Å²) in [6, 6.07) is 1.61. The summed E-state index contributed by atoms with van der Waals surface area (Å²) in [6.07, 6.45) is 1.62. The average molecular weight is 220 g/mol. The maximum atomic E-state index is 11.4. The van der Waals surface area contributed by atoms with Crippen LogP contribution in [-0.2, 0) is 10.0 Å². The van der Waals surface area contributed by atoms with Gasteiger partial charge in [0.2, 0.25) is 10.0 Å². The number of hydrogen-bond acceptors (Lipinski definition) is 4. The largest absolute Gasteiger partial charge is 0.395 e. The maximum Gasteiger partial charge on any atom is 0.227 e. The molecular weight excluding hydrogens is 204 g/mol. The lowest BCUT2D eigenvalue weighted by atomic mass is 10.3. The highest BCUT2D eigenvalue weighted by Crippen LogP contribution is 2.03. The molecule has 5 nitrogen and oxygen atoms in total. The normalized spacial score (nSPS) is 11.6. The van der Waals surface area contributed by atoms with Crippen molar-refractivity contribution in [2.24, 2.45) is 0 Å². The SMILES string of the molecule is CCCCN(CCO)S(=O)(=O)CC#N. The average Bonchev–Trinajstić information content (AvgIpc) is 2.11. The van der Waals surface area contributed by atoms with Crippen molar-refractivity contribution in [1.82, 2.24) is 4.31 Å². The summed E-state index contributed by atoms with van der Waals surface area (Å²) in [5, 5.41) is 17.0. The van der Waals surface area contributed by atoms with Gasteiger partial charge in [-0.3, -0.25) is 0 Å². The van der Waals surface area contributed by atoms with Gasteiger partial charge in [0.15, 0.2) is 5.75 Å². The molecule has 0 saturated carbocycles. The molecule has 0 unspecified atom stereocenters. The van der Waals surface area contributed by atoms with E-state index in [1.54, 1.807) is 6.07 Å². The van der Waals surface area contributed by atoms with Gasteiger partial charge < -0.3 is 5.11 Å². The minimum absolute atomic E-state index is 0.0734. The Kier molecular flexibility index (Phi) is 6.45. The van der Waals surface area contributed by atoms with E-state index in [1.165, 1.54) is 4.31 Å². The fourth-order valence-corrected chi connectivity index (χ4v) is 2.12. The van der Waals surface area contributed by atoms with Crippen LogP contribution >= 0.6 is 0 Å². The minimum atomic E-state index is -3.49. The summed E-state index contributed by atoms with van der Waals surface area (Å²) in [5.41, 5.74) is 0. The van der Waals surface area contributed by atoms with Crippen molar-refractivity contribution in [2.45, 2.75) is 19.8 Å². The van der Waals surface area contributed by atoms with Crippen molar-refractivity contribution < 1.29 is 13.5 Å². The summed E-state index contributed by atoms with van der Waals surface area (Å²) < 4.78 is 24.0. The topological polar surface area (TPSA) is 81.4 Å². The summed E-state index contributed by atoms with van der Waals surface area (Å²) in [5.74, 6) is -0.517. The highest BCUT2D eigenvalue weighted by molar-refractivity contribution is 7.89. The Morgan fingerprint density at radius 2 is 2.07 bits per heavy atom. The van der Waals surface area contributed by atoms with Gasteiger partial charge in [0.05, 0.1) is 12.7 Å². The number of hydrogen-bond donors (Lipinski definition) is 1. The van der Waals surface area contributed by atoms with Crippen molar-refractivity contribution in [3.05, 3.63) is 0 Å². The molecule has 0 amide bonds. The molecule has 0 fully saturated rings. The molecule has 14 heavy (non-hydrogen) atoms. The van der Waals surface area contributed by atoms with Gasteiger partial charge in [-0.1, -0.05) is 13.3 Å². The number of aliphatic hydroxyl groups is 1. The zero-order valence-corrected chi connectivity index (χ0v) is 9.13. The lowest BCUT2D eigenvalue weighted by Gasteiger charge is -2.19. The Morgan fingerprint density at radius 1 is 1.43 bits per heavy atom. The molecule has 0 radical (unpaired) electrons. The van der Waals surface area contributed by atoms with Gasteiger partial charge in [-0.15, -0.1) is 0 Å². The number of rotatable bonds is 7. The van der Waals surface area contributed by atoms with E-state index in [0.717, 1.165) is 12.8 Å². The smallest absolute Gasteiger partial charge is 0.227 e. The van der Waals surface area contributed by atoms with Crippen LogP contribution < -0.4 is 0 Å². The molecule has 0 aliphatic carbocycles. The first kappa shape index (κ1) is 13.4. The Morgan fingerprint density at radius 3 is 2.50 bits per heavy atom. The fraction of sp³-hybridized carbons (Fsp3) is 0.875. The van der Waals surface area contributed by atoms with Crippen LogP contribution in [0.3, 0.4) is 0 Å². The second-order valence-electron chi connectivity index (χ2n) is 2.89. The molecule has 1 N–H and O–H groups in total. The summed E-state index contributed by atoms with van der Waals surface area (Å²) >= 11 is 0. The molecule has 0 atom stereocenters. The quantitative estimate of drug-likeness (QED) is 0.651. The number of unbranched alkanes of at least 4 members (excludes halogenated alkanes) is 1. The third-order valence-corrected chi connectivity index (χ3v) is 3.40. The number of aliphatic hydroxyl groups excluding tert-OH is 1. The van der Waals surface area contributed by atoms with E-state index in [1.807, 2.05) is 6.92 Å². The monoisotopic (exact) mass is 220 g/mol. The summed E-state index contributed by atoms with van der Waals surface area (Å²) in [7, 11) is -3.49. The lowest BCUT2D eigenvalue weighted by Crippen LogP contribution is -2.35. The van der Waals surface area contributed by atoms with Crippen molar-refractivity contribution in [3.8, 4) is 6.07 Å². The fourth-order valence-electron chi connectivity index (χ4n) is 1.01. The highest BCUT2D eigenvalue weighted by atomic mass is 32.2. The molecule has 0 aliphatic rings. The van der Waals surface area contributed by atoms with Gasteiger partial charge in [-0.2, -0.15) is 9.57 Å². The van der Waals surface area contributed by atoms with E-state index in [9.17, 15) is 8.42 Å². The van der Waals surface area contributed by atoms with Crippen LogP contribution in [0.1, 0.15) is 19.8 Å². The van der Waals surface area contributed by atoms with Crippen LogP contribution in [0.2, 0.25) is 0 Å². The van der Waals surface area contributed by atoms with Crippen LogP contribution in [-0.4, -0.2) is 43.3 Å². The maximum absolute atomic E-state index is 11.4. The van der Waals surface area contributed by atoms with Crippen molar-refractivity contribution in [1.29, 1.82) is 5.26 Å². The molecule has 0 saturated heterocycles. The van der Waals surface area contributed by atoms with Gasteiger partial charge in [-0.05, 0) is 6.42 Å². The van der Waals surface area contributed by atoms with Crippen molar-refractivity contribution >= 4 is 10.0 Å². The van der Waals surface area contributed by atoms with Crippen molar-refractivity contribution in [2.75, 3.05) is 25.4 Å². The molecule has 0 aromatic rings. The molecular formula is C8H16N2O3S. The molecule has 0 aromatic carbocycles. The Hall–Kier alpha value is -0.640. The van der Waals surface area contributed by atoms with Crippen LogP contribution in [0.25, 0.3) is 0 Å². The molecule has 0 aromatic heterocycles. The first-order valence-corrected chi connectivity index (χ1v) is 6.15.